The van der Waals surface area contributed by atoms with Gasteiger partial charge in [-0.3, -0.25) is 0 Å². The van der Waals surface area contributed by atoms with Gasteiger partial charge < -0.3 is 9.84 Å². The van der Waals surface area contributed by atoms with Crippen molar-refractivity contribution in [1.29, 1.82) is 0 Å². The first kappa shape index (κ1) is 17.0. The summed E-state index contributed by atoms with van der Waals surface area (Å²) in [4.78, 5) is 0. The van der Waals surface area contributed by atoms with Gasteiger partial charge in [-0.05, 0) is 38.5 Å². The highest BCUT2D eigenvalue weighted by atomic mass is 16.5. The molecule has 19 heavy (non-hydrogen) atoms. The van der Waals surface area contributed by atoms with E-state index in [2.05, 4.69) is 20.8 Å². The molecule has 0 aliphatic heterocycles. The maximum Gasteiger partial charge on any atom is 0.0840 e. The van der Waals surface area contributed by atoms with Crippen molar-refractivity contribution in [1.82, 2.24) is 0 Å². The number of aliphatic hydroxyl groups excluding tert-OH is 1. The maximum atomic E-state index is 10.1. The van der Waals surface area contributed by atoms with Crippen LogP contribution >= 0.6 is 0 Å². The van der Waals surface area contributed by atoms with Crippen LogP contribution in [-0.4, -0.2) is 23.4 Å². The summed E-state index contributed by atoms with van der Waals surface area (Å²) in [6.07, 6.45) is 12.2. The number of rotatable bonds is 9. The second-order valence-corrected chi connectivity index (χ2v) is 6.37. The molecule has 0 spiro atoms. The summed E-state index contributed by atoms with van der Waals surface area (Å²) in [5, 5.41) is 10.1. The third-order valence-corrected chi connectivity index (χ3v) is 4.43. The topological polar surface area (TPSA) is 29.5 Å². The third-order valence-electron chi connectivity index (χ3n) is 4.43. The van der Waals surface area contributed by atoms with Crippen LogP contribution in [0.4, 0.5) is 0 Å². The maximum absolute atomic E-state index is 10.1. The van der Waals surface area contributed by atoms with Crippen LogP contribution in [0.1, 0.15) is 85.0 Å². The molecule has 1 N–H and O–H groups in total. The highest BCUT2D eigenvalue weighted by Gasteiger charge is 2.30. The minimum absolute atomic E-state index is 0.0893. The van der Waals surface area contributed by atoms with Crippen LogP contribution in [0.5, 0.6) is 0 Å². The molecule has 0 radical (unpaired) electrons. The molecule has 0 bridgehead atoms. The van der Waals surface area contributed by atoms with Crippen molar-refractivity contribution in [3.8, 4) is 0 Å². The number of ether oxygens (including phenoxy) is 1. The Kier molecular flexibility index (Phi) is 8.72. The molecule has 4 atom stereocenters. The van der Waals surface area contributed by atoms with E-state index in [1.165, 1.54) is 44.9 Å². The van der Waals surface area contributed by atoms with Crippen LogP contribution in [0.25, 0.3) is 0 Å². The van der Waals surface area contributed by atoms with Crippen molar-refractivity contribution in [3.63, 3.8) is 0 Å². The Bertz CT molecular complexity index is 217. The van der Waals surface area contributed by atoms with Crippen LogP contribution in [0, 0.1) is 5.92 Å². The summed E-state index contributed by atoms with van der Waals surface area (Å²) in [6, 6.07) is 0. The Labute approximate surface area is 119 Å². The van der Waals surface area contributed by atoms with Crippen LogP contribution in [0.2, 0.25) is 0 Å². The fourth-order valence-electron chi connectivity index (χ4n) is 3.24. The predicted octanol–water partition coefficient (Wildman–Crippen LogP) is 4.69. The molecule has 0 aromatic heterocycles. The molecular weight excluding hydrogens is 236 g/mol. The molecule has 0 aromatic rings. The molecule has 1 saturated carbocycles. The Hall–Kier alpha value is -0.0800. The quantitative estimate of drug-likeness (QED) is 0.616. The highest BCUT2D eigenvalue weighted by Crippen LogP contribution is 2.30. The van der Waals surface area contributed by atoms with Gasteiger partial charge in [0.05, 0.1) is 18.3 Å². The molecule has 0 amide bonds. The van der Waals surface area contributed by atoms with E-state index in [0.717, 1.165) is 25.2 Å². The predicted molar refractivity (Wildman–Crippen MR) is 81.3 cm³/mol. The van der Waals surface area contributed by atoms with E-state index >= 15 is 0 Å². The van der Waals surface area contributed by atoms with Crippen LogP contribution in [0.3, 0.4) is 0 Å². The van der Waals surface area contributed by atoms with Crippen molar-refractivity contribution < 1.29 is 9.84 Å². The summed E-state index contributed by atoms with van der Waals surface area (Å²) < 4.78 is 6.11. The molecular formula is C17H34O2. The van der Waals surface area contributed by atoms with E-state index in [-0.39, 0.29) is 12.2 Å². The van der Waals surface area contributed by atoms with E-state index < -0.39 is 0 Å². The zero-order valence-electron chi connectivity index (χ0n) is 13.2. The standard InChI is InChI=1S/C17H34O2/c1-4-6-7-8-10-14(3)19-17-13-15(9-5-2)11-12-16(17)18/h14-18H,4-13H2,1-3H3. The minimum Gasteiger partial charge on any atom is -0.390 e. The monoisotopic (exact) mass is 270 g/mol. The average molecular weight is 270 g/mol. The lowest BCUT2D eigenvalue weighted by molar-refractivity contribution is -0.102. The average Bonchev–Trinajstić information content (AvgIpc) is 2.39. The van der Waals surface area contributed by atoms with Crippen LogP contribution < -0.4 is 0 Å². The molecule has 1 rings (SSSR count). The smallest absolute Gasteiger partial charge is 0.0840 e. The summed E-state index contributed by atoms with van der Waals surface area (Å²) >= 11 is 0. The third kappa shape index (κ3) is 6.76. The van der Waals surface area contributed by atoms with Gasteiger partial charge in [0, 0.05) is 0 Å². The largest absolute Gasteiger partial charge is 0.390 e. The molecule has 1 aliphatic carbocycles. The zero-order chi connectivity index (χ0) is 14.1. The first-order valence-corrected chi connectivity index (χ1v) is 8.50. The van der Waals surface area contributed by atoms with E-state index in [4.69, 9.17) is 4.74 Å². The van der Waals surface area contributed by atoms with Gasteiger partial charge in [-0.25, -0.2) is 0 Å². The normalized spacial score (nSPS) is 29.4. The number of hydrogen-bond acceptors (Lipinski definition) is 2. The summed E-state index contributed by atoms with van der Waals surface area (Å²) in [7, 11) is 0. The number of unbranched alkanes of at least 4 members (excludes halogenated alkanes) is 3. The van der Waals surface area contributed by atoms with Crippen molar-refractivity contribution in [2.24, 2.45) is 5.92 Å². The number of aliphatic hydroxyl groups is 1. The van der Waals surface area contributed by atoms with Gasteiger partial charge in [0.2, 0.25) is 0 Å². The van der Waals surface area contributed by atoms with Crippen molar-refractivity contribution in [2.75, 3.05) is 0 Å². The Morgan fingerprint density at radius 2 is 1.89 bits per heavy atom. The highest BCUT2D eigenvalue weighted by molar-refractivity contribution is 4.81. The lowest BCUT2D eigenvalue weighted by Gasteiger charge is -2.35. The molecule has 4 unspecified atom stereocenters. The summed E-state index contributed by atoms with van der Waals surface area (Å²) in [5.41, 5.74) is 0. The van der Waals surface area contributed by atoms with Gasteiger partial charge >= 0.3 is 0 Å². The second-order valence-electron chi connectivity index (χ2n) is 6.37. The van der Waals surface area contributed by atoms with Gasteiger partial charge in [0.15, 0.2) is 0 Å². The fourth-order valence-corrected chi connectivity index (χ4v) is 3.24. The Morgan fingerprint density at radius 1 is 1.11 bits per heavy atom. The van der Waals surface area contributed by atoms with Crippen molar-refractivity contribution in [2.45, 2.75) is 103 Å². The Morgan fingerprint density at radius 3 is 2.58 bits per heavy atom. The van der Waals surface area contributed by atoms with Gasteiger partial charge in [0.1, 0.15) is 0 Å². The summed E-state index contributed by atoms with van der Waals surface area (Å²) in [5.74, 6) is 0.769. The van der Waals surface area contributed by atoms with Crippen LogP contribution in [-0.2, 0) is 4.74 Å². The van der Waals surface area contributed by atoms with Gasteiger partial charge in [-0.15, -0.1) is 0 Å². The number of hydrogen-bond donors (Lipinski definition) is 1. The lowest BCUT2D eigenvalue weighted by Crippen LogP contribution is -2.38. The molecule has 0 aromatic carbocycles. The van der Waals surface area contributed by atoms with E-state index in [0.29, 0.717) is 6.10 Å². The van der Waals surface area contributed by atoms with Gasteiger partial charge in [-0.2, -0.15) is 0 Å². The molecule has 2 nitrogen and oxygen atoms in total. The first-order chi connectivity index (χ1) is 9.17. The van der Waals surface area contributed by atoms with E-state index in [1.807, 2.05) is 0 Å². The van der Waals surface area contributed by atoms with Crippen LogP contribution in [0.15, 0.2) is 0 Å². The van der Waals surface area contributed by atoms with Gasteiger partial charge in [-0.1, -0.05) is 52.4 Å². The molecule has 1 aliphatic rings. The molecule has 114 valence electrons. The Balaban J connectivity index is 2.24. The van der Waals surface area contributed by atoms with Crippen molar-refractivity contribution >= 4 is 0 Å². The van der Waals surface area contributed by atoms with Gasteiger partial charge in [0.25, 0.3) is 0 Å². The summed E-state index contributed by atoms with van der Waals surface area (Å²) in [6.45, 7) is 6.66. The molecule has 0 heterocycles. The first-order valence-electron chi connectivity index (χ1n) is 8.50. The second kappa shape index (κ2) is 9.77. The minimum atomic E-state index is -0.230. The molecule has 0 saturated heterocycles. The molecule has 1 fully saturated rings. The lowest BCUT2D eigenvalue weighted by atomic mass is 9.82. The van der Waals surface area contributed by atoms with E-state index in [9.17, 15) is 5.11 Å². The van der Waals surface area contributed by atoms with E-state index in [1.54, 1.807) is 0 Å². The zero-order valence-corrected chi connectivity index (χ0v) is 13.2. The SMILES string of the molecule is CCCCCCC(C)OC1CC(CCC)CCC1O. The molecule has 2 heteroatoms. The fraction of sp³-hybridized carbons (Fsp3) is 1.00. The van der Waals surface area contributed by atoms with Crippen molar-refractivity contribution in [3.05, 3.63) is 0 Å².